The van der Waals surface area contributed by atoms with Crippen LogP contribution < -0.4 is 4.90 Å². The van der Waals surface area contributed by atoms with Crippen LogP contribution in [0.3, 0.4) is 0 Å². The van der Waals surface area contributed by atoms with Crippen LogP contribution in [0, 0.1) is 0 Å². The van der Waals surface area contributed by atoms with Crippen LogP contribution >= 0.6 is 11.6 Å². The normalized spacial score (nSPS) is 13.8. The molecule has 0 aliphatic heterocycles. The Bertz CT molecular complexity index is 581. The van der Waals surface area contributed by atoms with Crippen molar-refractivity contribution in [3.05, 3.63) is 24.2 Å². The van der Waals surface area contributed by atoms with Gasteiger partial charge in [0.25, 0.3) is 0 Å². The van der Waals surface area contributed by atoms with Crippen LogP contribution in [0.5, 0.6) is 0 Å². The monoisotopic (exact) mass is 292 g/mol. The summed E-state index contributed by atoms with van der Waals surface area (Å²) in [6.45, 7) is 1.86. The summed E-state index contributed by atoms with van der Waals surface area (Å²) in [5, 5.41) is 3.50. The first-order chi connectivity index (χ1) is 8.84. The molecule has 0 bridgehead atoms. The van der Waals surface area contributed by atoms with E-state index in [-0.39, 0.29) is 6.04 Å². The quantitative estimate of drug-likeness (QED) is 0.816. The van der Waals surface area contributed by atoms with Gasteiger partial charge in [-0.1, -0.05) is 0 Å². The summed E-state index contributed by atoms with van der Waals surface area (Å²) < 4.78 is 39.1. The highest BCUT2D eigenvalue weighted by Gasteiger charge is 2.34. The Hall–Kier alpha value is -1.50. The third-order valence-electron chi connectivity index (χ3n) is 2.88. The molecule has 2 aromatic rings. The van der Waals surface area contributed by atoms with Gasteiger partial charge in [0.1, 0.15) is 5.52 Å². The summed E-state index contributed by atoms with van der Waals surface area (Å²) in [5.41, 5.74) is -0.636. The van der Waals surface area contributed by atoms with E-state index in [0.29, 0.717) is 17.2 Å². The van der Waals surface area contributed by atoms with Gasteiger partial charge in [-0.05, 0) is 6.92 Å². The second-order valence-corrected chi connectivity index (χ2v) is 4.53. The largest absolute Gasteiger partial charge is 0.435 e. The van der Waals surface area contributed by atoms with Crippen LogP contribution in [0.25, 0.3) is 5.52 Å². The van der Waals surface area contributed by atoms with Crippen molar-refractivity contribution in [1.82, 2.24) is 14.6 Å². The zero-order chi connectivity index (χ0) is 14.2. The second kappa shape index (κ2) is 4.88. The molecule has 8 heteroatoms. The van der Waals surface area contributed by atoms with E-state index in [9.17, 15) is 13.2 Å². The van der Waals surface area contributed by atoms with Gasteiger partial charge < -0.3 is 4.90 Å². The molecular formula is C11H12ClF3N4. The zero-order valence-electron chi connectivity index (χ0n) is 10.3. The minimum absolute atomic E-state index is 0.0513. The fourth-order valence-corrected chi connectivity index (χ4v) is 1.84. The number of hydrogen-bond acceptors (Lipinski definition) is 3. The SMILES string of the molecule is CC(CCl)N(C)c1nccn2nc(C(F)(F)F)cc12. The number of halogens is 4. The summed E-state index contributed by atoms with van der Waals surface area (Å²) in [6, 6.07) is 0.935. The third-order valence-corrected chi connectivity index (χ3v) is 3.33. The molecule has 0 saturated carbocycles. The Kier molecular flexibility index (Phi) is 3.58. The van der Waals surface area contributed by atoms with Crippen LogP contribution in [-0.4, -0.2) is 33.6 Å². The Balaban J connectivity index is 2.54. The van der Waals surface area contributed by atoms with Crippen LogP contribution in [0.4, 0.5) is 19.0 Å². The Morgan fingerprint density at radius 3 is 2.74 bits per heavy atom. The van der Waals surface area contributed by atoms with Crippen molar-refractivity contribution in [2.45, 2.75) is 19.1 Å². The van der Waals surface area contributed by atoms with Gasteiger partial charge >= 0.3 is 6.18 Å². The van der Waals surface area contributed by atoms with Gasteiger partial charge in [0.05, 0.1) is 0 Å². The van der Waals surface area contributed by atoms with E-state index < -0.39 is 11.9 Å². The minimum atomic E-state index is -4.47. The van der Waals surface area contributed by atoms with Crippen LogP contribution in [-0.2, 0) is 6.18 Å². The number of nitrogens with zero attached hydrogens (tertiary/aromatic N) is 4. The molecule has 1 unspecified atom stereocenters. The first kappa shape index (κ1) is 13.9. The molecule has 0 N–H and O–H groups in total. The highest BCUT2D eigenvalue weighted by Crippen LogP contribution is 2.30. The van der Waals surface area contributed by atoms with Gasteiger partial charge in [-0.3, -0.25) is 0 Å². The van der Waals surface area contributed by atoms with Gasteiger partial charge in [0, 0.05) is 37.4 Å². The molecule has 4 nitrogen and oxygen atoms in total. The molecule has 2 aromatic heterocycles. The van der Waals surface area contributed by atoms with Crippen molar-refractivity contribution in [3.63, 3.8) is 0 Å². The lowest BCUT2D eigenvalue weighted by Crippen LogP contribution is -2.31. The Morgan fingerprint density at radius 1 is 1.47 bits per heavy atom. The van der Waals surface area contributed by atoms with E-state index in [1.165, 1.54) is 16.9 Å². The highest BCUT2D eigenvalue weighted by atomic mass is 35.5. The molecule has 19 heavy (non-hydrogen) atoms. The number of fused-ring (bicyclic) bond motifs is 1. The molecule has 0 radical (unpaired) electrons. The fraction of sp³-hybridized carbons (Fsp3) is 0.455. The maximum Gasteiger partial charge on any atom is 0.435 e. The maximum atomic E-state index is 12.7. The Labute approximate surface area is 112 Å². The number of rotatable bonds is 3. The van der Waals surface area contributed by atoms with E-state index in [1.54, 1.807) is 11.9 Å². The lowest BCUT2D eigenvalue weighted by molar-refractivity contribution is -0.141. The van der Waals surface area contributed by atoms with Crippen molar-refractivity contribution in [2.75, 3.05) is 17.8 Å². The molecule has 0 fully saturated rings. The molecule has 0 aromatic carbocycles. The second-order valence-electron chi connectivity index (χ2n) is 4.22. The van der Waals surface area contributed by atoms with E-state index in [0.717, 1.165) is 6.07 Å². The molecular weight excluding hydrogens is 281 g/mol. The predicted octanol–water partition coefficient (Wildman–Crippen LogP) is 2.81. The molecule has 0 aliphatic rings. The summed E-state index contributed by atoms with van der Waals surface area (Å²) in [7, 11) is 1.73. The topological polar surface area (TPSA) is 33.4 Å². The first-order valence-corrected chi connectivity index (χ1v) is 6.08. The van der Waals surface area contributed by atoms with E-state index >= 15 is 0 Å². The van der Waals surface area contributed by atoms with E-state index in [1.807, 2.05) is 6.92 Å². The molecule has 2 rings (SSSR count). The number of alkyl halides is 4. The van der Waals surface area contributed by atoms with Crippen molar-refractivity contribution in [3.8, 4) is 0 Å². The molecule has 0 spiro atoms. The lowest BCUT2D eigenvalue weighted by atomic mass is 10.3. The molecule has 0 amide bonds. The number of aromatic nitrogens is 3. The predicted molar refractivity (Wildman–Crippen MR) is 66.6 cm³/mol. The van der Waals surface area contributed by atoms with Gasteiger partial charge in [-0.15, -0.1) is 11.6 Å². The van der Waals surface area contributed by atoms with Gasteiger partial charge in [-0.2, -0.15) is 18.3 Å². The molecule has 0 aliphatic carbocycles. The fourth-order valence-electron chi connectivity index (χ4n) is 1.63. The molecule has 104 valence electrons. The van der Waals surface area contributed by atoms with Crippen molar-refractivity contribution < 1.29 is 13.2 Å². The highest BCUT2D eigenvalue weighted by molar-refractivity contribution is 6.18. The molecule has 0 saturated heterocycles. The van der Waals surface area contributed by atoms with Gasteiger partial charge in [0.2, 0.25) is 0 Å². The number of hydrogen-bond donors (Lipinski definition) is 0. The lowest BCUT2D eigenvalue weighted by Gasteiger charge is -2.24. The summed E-state index contributed by atoms with van der Waals surface area (Å²) >= 11 is 5.75. The standard InChI is InChI=1S/C11H12ClF3N4/c1-7(6-12)18(2)10-8-5-9(11(13,14)15)17-19(8)4-3-16-10/h3-5,7H,6H2,1-2H3. The average molecular weight is 293 g/mol. The number of anilines is 1. The smallest absolute Gasteiger partial charge is 0.354 e. The van der Waals surface area contributed by atoms with E-state index in [2.05, 4.69) is 10.1 Å². The van der Waals surface area contributed by atoms with Crippen molar-refractivity contribution in [2.24, 2.45) is 0 Å². The summed E-state index contributed by atoms with van der Waals surface area (Å²) in [5.74, 6) is 0.762. The van der Waals surface area contributed by atoms with Crippen LogP contribution in [0.1, 0.15) is 12.6 Å². The van der Waals surface area contributed by atoms with Crippen LogP contribution in [0.2, 0.25) is 0 Å². The zero-order valence-corrected chi connectivity index (χ0v) is 11.1. The van der Waals surface area contributed by atoms with Crippen molar-refractivity contribution >= 4 is 22.9 Å². The first-order valence-electron chi connectivity index (χ1n) is 5.55. The summed E-state index contributed by atoms with van der Waals surface area (Å²) in [6.07, 6.45) is -1.68. The summed E-state index contributed by atoms with van der Waals surface area (Å²) in [4.78, 5) is 5.84. The van der Waals surface area contributed by atoms with Crippen LogP contribution in [0.15, 0.2) is 18.5 Å². The minimum Gasteiger partial charge on any atom is -0.354 e. The molecule has 1 atom stereocenters. The van der Waals surface area contributed by atoms with Gasteiger partial charge in [-0.25, -0.2) is 9.50 Å². The Morgan fingerprint density at radius 2 is 2.16 bits per heavy atom. The van der Waals surface area contributed by atoms with E-state index in [4.69, 9.17) is 11.6 Å². The molecule has 2 heterocycles. The third kappa shape index (κ3) is 2.60. The van der Waals surface area contributed by atoms with Gasteiger partial charge in [0.15, 0.2) is 11.5 Å². The maximum absolute atomic E-state index is 12.7. The van der Waals surface area contributed by atoms with Crippen molar-refractivity contribution in [1.29, 1.82) is 0 Å². The average Bonchev–Trinajstić information content (AvgIpc) is 2.80.